The Hall–Kier alpha value is -2.32. The maximum absolute atomic E-state index is 5.53. The van der Waals surface area contributed by atoms with E-state index in [4.69, 9.17) is 4.74 Å². The maximum Gasteiger partial charge on any atom is 0.126 e. The van der Waals surface area contributed by atoms with Crippen LogP contribution in [0.25, 0.3) is 10.8 Å². The van der Waals surface area contributed by atoms with Gasteiger partial charge in [-0.2, -0.15) is 0 Å². The number of ether oxygens (including phenoxy) is 1. The number of benzene rings is 3. The summed E-state index contributed by atoms with van der Waals surface area (Å²) in [4.78, 5) is 2.61. The van der Waals surface area contributed by atoms with Crippen LogP contribution in [0.15, 0.2) is 66.7 Å². The Balaban J connectivity index is 1.41. The van der Waals surface area contributed by atoms with Gasteiger partial charge in [-0.25, -0.2) is 0 Å². The van der Waals surface area contributed by atoms with E-state index < -0.39 is 0 Å². The largest absolute Gasteiger partial charge is 0.496 e. The van der Waals surface area contributed by atoms with Crippen LogP contribution in [-0.2, 0) is 13.0 Å². The number of likely N-dealkylation sites (tertiary alicyclic amines) is 1. The van der Waals surface area contributed by atoms with Crippen LogP contribution in [0.5, 0.6) is 5.75 Å². The van der Waals surface area contributed by atoms with Crippen molar-refractivity contribution in [1.82, 2.24) is 4.90 Å². The van der Waals surface area contributed by atoms with Crippen molar-refractivity contribution in [3.8, 4) is 5.75 Å². The number of hydrogen-bond donors (Lipinski definition) is 0. The van der Waals surface area contributed by atoms with Crippen molar-refractivity contribution in [2.45, 2.75) is 25.8 Å². The minimum Gasteiger partial charge on any atom is -0.496 e. The zero-order valence-electron chi connectivity index (χ0n) is 15.5. The number of nitrogens with zero attached hydrogens (tertiary/aromatic N) is 1. The molecular weight excluding hydrogens is 318 g/mol. The summed E-state index contributed by atoms with van der Waals surface area (Å²) >= 11 is 0. The molecule has 4 rings (SSSR count). The van der Waals surface area contributed by atoms with Crippen molar-refractivity contribution >= 4 is 10.8 Å². The van der Waals surface area contributed by atoms with Gasteiger partial charge in [0.1, 0.15) is 5.75 Å². The Morgan fingerprint density at radius 1 is 0.846 bits per heavy atom. The van der Waals surface area contributed by atoms with Crippen LogP contribution >= 0.6 is 0 Å². The molecule has 0 N–H and O–H groups in total. The number of fused-ring (bicyclic) bond motifs is 1. The molecule has 1 heterocycles. The molecule has 1 saturated heterocycles. The Kier molecular flexibility index (Phi) is 5.21. The van der Waals surface area contributed by atoms with Crippen LogP contribution in [0.2, 0.25) is 0 Å². The molecular formula is C24H27NO. The van der Waals surface area contributed by atoms with Gasteiger partial charge < -0.3 is 4.74 Å². The molecule has 3 aromatic carbocycles. The van der Waals surface area contributed by atoms with Crippen molar-refractivity contribution in [3.05, 3.63) is 77.9 Å². The van der Waals surface area contributed by atoms with Gasteiger partial charge in [-0.15, -0.1) is 0 Å². The molecule has 2 nitrogen and oxygen atoms in total. The molecule has 0 unspecified atom stereocenters. The highest BCUT2D eigenvalue weighted by Gasteiger charge is 2.20. The van der Waals surface area contributed by atoms with Crippen molar-refractivity contribution in [2.75, 3.05) is 20.2 Å². The van der Waals surface area contributed by atoms with Gasteiger partial charge in [-0.05, 0) is 60.8 Å². The zero-order chi connectivity index (χ0) is 17.8. The maximum atomic E-state index is 5.53. The molecule has 134 valence electrons. The lowest BCUT2D eigenvalue weighted by Gasteiger charge is -2.32. The second-order valence-electron chi connectivity index (χ2n) is 7.38. The van der Waals surface area contributed by atoms with E-state index in [1.165, 1.54) is 54.3 Å². The van der Waals surface area contributed by atoms with Crippen LogP contribution in [0.3, 0.4) is 0 Å². The summed E-state index contributed by atoms with van der Waals surface area (Å²) in [5, 5.41) is 2.53. The smallest absolute Gasteiger partial charge is 0.126 e. The molecule has 0 saturated carbocycles. The number of hydrogen-bond acceptors (Lipinski definition) is 2. The lowest BCUT2D eigenvalue weighted by atomic mass is 9.90. The first-order chi connectivity index (χ1) is 12.8. The molecule has 0 atom stereocenters. The Morgan fingerprint density at radius 3 is 2.27 bits per heavy atom. The average Bonchev–Trinajstić information content (AvgIpc) is 2.70. The monoisotopic (exact) mass is 345 g/mol. The van der Waals surface area contributed by atoms with Crippen LogP contribution in [0.4, 0.5) is 0 Å². The molecule has 0 radical (unpaired) electrons. The summed E-state index contributed by atoms with van der Waals surface area (Å²) in [6, 6.07) is 23.9. The van der Waals surface area contributed by atoms with Crippen LogP contribution in [0, 0.1) is 5.92 Å². The minimum absolute atomic E-state index is 0.821. The summed E-state index contributed by atoms with van der Waals surface area (Å²) in [5.74, 6) is 1.78. The van der Waals surface area contributed by atoms with E-state index in [-0.39, 0.29) is 0 Å². The van der Waals surface area contributed by atoms with E-state index in [1.54, 1.807) is 7.11 Å². The molecule has 1 aliphatic heterocycles. The SMILES string of the molecule is COc1ccc(CN2CCC(Cc3ccccc3)CC2)c2ccccc12. The number of rotatable bonds is 5. The normalized spacial score (nSPS) is 16.0. The fourth-order valence-corrected chi connectivity index (χ4v) is 4.19. The van der Waals surface area contributed by atoms with Crippen molar-refractivity contribution in [3.63, 3.8) is 0 Å². The fourth-order valence-electron chi connectivity index (χ4n) is 4.19. The van der Waals surface area contributed by atoms with Crippen molar-refractivity contribution in [2.24, 2.45) is 5.92 Å². The molecule has 2 heteroatoms. The minimum atomic E-state index is 0.821. The lowest BCUT2D eigenvalue weighted by molar-refractivity contribution is 0.177. The summed E-state index contributed by atoms with van der Waals surface area (Å²) in [6.07, 6.45) is 3.81. The second-order valence-corrected chi connectivity index (χ2v) is 7.38. The van der Waals surface area contributed by atoms with E-state index in [0.29, 0.717) is 0 Å². The van der Waals surface area contributed by atoms with Gasteiger partial charge in [0.2, 0.25) is 0 Å². The highest BCUT2D eigenvalue weighted by atomic mass is 16.5. The van der Waals surface area contributed by atoms with E-state index in [1.807, 2.05) is 0 Å². The summed E-state index contributed by atoms with van der Waals surface area (Å²) < 4.78 is 5.53. The summed E-state index contributed by atoms with van der Waals surface area (Å²) in [5.41, 5.74) is 2.88. The number of piperidine rings is 1. The first-order valence-electron chi connectivity index (χ1n) is 9.64. The fraction of sp³-hybridized carbons (Fsp3) is 0.333. The molecule has 0 aromatic heterocycles. The quantitative estimate of drug-likeness (QED) is 0.622. The van der Waals surface area contributed by atoms with Crippen molar-refractivity contribution in [1.29, 1.82) is 0 Å². The third-order valence-electron chi connectivity index (χ3n) is 5.66. The van der Waals surface area contributed by atoms with Gasteiger partial charge in [0.25, 0.3) is 0 Å². The number of methoxy groups -OCH3 is 1. The van der Waals surface area contributed by atoms with Gasteiger partial charge in [0.15, 0.2) is 0 Å². The third-order valence-corrected chi connectivity index (χ3v) is 5.66. The van der Waals surface area contributed by atoms with Crippen LogP contribution < -0.4 is 4.74 Å². The standard InChI is InChI=1S/C24H27NO/c1-26-24-12-11-21(22-9-5-6-10-23(22)24)18-25-15-13-20(14-16-25)17-19-7-3-2-4-8-19/h2-12,20H,13-18H2,1H3. The van der Waals surface area contributed by atoms with E-state index in [2.05, 4.69) is 71.6 Å². The molecule has 0 amide bonds. The molecule has 0 spiro atoms. The summed E-state index contributed by atoms with van der Waals surface area (Å²) in [7, 11) is 1.75. The van der Waals surface area contributed by atoms with Crippen molar-refractivity contribution < 1.29 is 4.74 Å². The Labute approximate surface area is 156 Å². The zero-order valence-corrected chi connectivity index (χ0v) is 15.5. The molecule has 1 aliphatic rings. The van der Waals surface area contributed by atoms with E-state index in [0.717, 1.165) is 18.2 Å². The van der Waals surface area contributed by atoms with E-state index >= 15 is 0 Å². The molecule has 26 heavy (non-hydrogen) atoms. The van der Waals surface area contributed by atoms with Gasteiger partial charge in [-0.1, -0.05) is 60.7 Å². The highest BCUT2D eigenvalue weighted by molar-refractivity contribution is 5.91. The second kappa shape index (κ2) is 7.92. The molecule has 0 aliphatic carbocycles. The first kappa shape index (κ1) is 17.1. The Bertz CT molecular complexity index is 850. The molecule has 1 fully saturated rings. The van der Waals surface area contributed by atoms with Gasteiger partial charge in [0.05, 0.1) is 7.11 Å². The Morgan fingerprint density at radius 2 is 1.54 bits per heavy atom. The molecule has 0 bridgehead atoms. The van der Waals surface area contributed by atoms with Crippen LogP contribution in [-0.4, -0.2) is 25.1 Å². The third kappa shape index (κ3) is 3.76. The summed E-state index contributed by atoms with van der Waals surface area (Å²) in [6.45, 7) is 3.41. The van der Waals surface area contributed by atoms with Gasteiger partial charge in [0, 0.05) is 11.9 Å². The lowest BCUT2D eigenvalue weighted by Crippen LogP contribution is -2.33. The molecule has 3 aromatic rings. The predicted molar refractivity (Wildman–Crippen MR) is 109 cm³/mol. The van der Waals surface area contributed by atoms with Gasteiger partial charge >= 0.3 is 0 Å². The first-order valence-corrected chi connectivity index (χ1v) is 9.64. The average molecular weight is 345 g/mol. The van der Waals surface area contributed by atoms with Gasteiger partial charge in [-0.3, -0.25) is 4.90 Å². The van der Waals surface area contributed by atoms with E-state index in [9.17, 15) is 0 Å². The predicted octanol–water partition coefficient (Wildman–Crippen LogP) is 5.30. The highest BCUT2D eigenvalue weighted by Crippen LogP contribution is 2.30. The van der Waals surface area contributed by atoms with Crippen LogP contribution in [0.1, 0.15) is 24.0 Å². The topological polar surface area (TPSA) is 12.5 Å².